The predicted octanol–water partition coefficient (Wildman–Crippen LogP) is 3.75. The van der Waals surface area contributed by atoms with Crippen molar-refractivity contribution in [2.45, 2.75) is 11.9 Å². The molecule has 0 saturated heterocycles. The molecular formula is C14H14BrFN2. The first-order chi connectivity index (χ1) is 8.69. The molecule has 0 spiro atoms. The highest BCUT2D eigenvalue weighted by molar-refractivity contribution is 9.08. The third-order valence-electron chi connectivity index (χ3n) is 2.66. The zero-order chi connectivity index (χ0) is 13.0. The number of hydrogen-bond donors (Lipinski definition) is 0. The van der Waals surface area contributed by atoms with Crippen molar-refractivity contribution in [2.75, 3.05) is 11.9 Å². The van der Waals surface area contributed by atoms with Crippen LogP contribution < -0.4 is 4.90 Å². The van der Waals surface area contributed by atoms with Gasteiger partial charge in [-0.15, -0.1) is 0 Å². The SMILES string of the molecule is CN(Cc1cccc(F)c1)c1ccc(CBr)cn1. The molecule has 0 amide bonds. The molecule has 0 aliphatic rings. The van der Waals surface area contributed by atoms with Crippen molar-refractivity contribution < 1.29 is 4.39 Å². The van der Waals surface area contributed by atoms with Gasteiger partial charge in [-0.2, -0.15) is 0 Å². The highest BCUT2D eigenvalue weighted by Crippen LogP contribution is 2.14. The van der Waals surface area contributed by atoms with E-state index >= 15 is 0 Å². The molecule has 2 rings (SSSR count). The van der Waals surface area contributed by atoms with Crippen LogP contribution in [0.2, 0.25) is 0 Å². The van der Waals surface area contributed by atoms with Crippen LogP contribution in [0.5, 0.6) is 0 Å². The summed E-state index contributed by atoms with van der Waals surface area (Å²) in [5.41, 5.74) is 2.07. The van der Waals surface area contributed by atoms with Crippen molar-refractivity contribution >= 4 is 21.7 Å². The molecule has 1 aromatic heterocycles. The summed E-state index contributed by atoms with van der Waals surface area (Å²) in [6, 6.07) is 10.6. The number of alkyl halides is 1. The predicted molar refractivity (Wildman–Crippen MR) is 75.4 cm³/mol. The minimum absolute atomic E-state index is 0.205. The number of rotatable bonds is 4. The maximum Gasteiger partial charge on any atom is 0.128 e. The average Bonchev–Trinajstić information content (AvgIpc) is 2.39. The molecule has 0 radical (unpaired) electrons. The lowest BCUT2D eigenvalue weighted by Crippen LogP contribution is -2.17. The lowest BCUT2D eigenvalue weighted by molar-refractivity contribution is 0.625. The molecule has 18 heavy (non-hydrogen) atoms. The zero-order valence-corrected chi connectivity index (χ0v) is 11.7. The van der Waals surface area contributed by atoms with Crippen molar-refractivity contribution in [1.82, 2.24) is 4.98 Å². The van der Waals surface area contributed by atoms with Crippen LogP contribution in [0.15, 0.2) is 42.6 Å². The fourth-order valence-corrected chi connectivity index (χ4v) is 2.04. The van der Waals surface area contributed by atoms with E-state index in [0.717, 1.165) is 22.3 Å². The van der Waals surface area contributed by atoms with E-state index in [9.17, 15) is 4.39 Å². The van der Waals surface area contributed by atoms with E-state index in [-0.39, 0.29) is 5.82 Å². The second-order valence-corrected chi connectivity index (χ2v) is 4.70. The van der Waals surface area contributed by atoms with Crippen LogP contribution >= 0.6 is 15.9 Å². The normalized spacial score (nSPS) is 10.4. The molecule has 0 aliphatic heterocycles. The Morgan fingerprint density at radius 1 is 1.22 bits per heavy atom. The highest BCUT2D eigenvalue weighted by Gasteiger charge is 2.04. The van der Waals surface area contributed by atoms with E-state index in [1.54, 1.807) is 12.1 Å². The van der Waals surface area contributed by atoms with Gasteiger partial charge < -0.3 is 4.90 Å². The van der Waals surface area contributed by atoms with Crippen molar-refractivity contribution in [1.29, 1.82) is 0 Å². The number of hydrogen-bond acceptors (Lipinski definition) is 2. The molecule has 0 N–H and O–H groups in total. The summed E-state index contributed by atoms with van der Waals surface area (Å²) < 4.78 is 13.1. The lowest BCUT2D eigenvalue weighted by Gasteiger charge is -2.18. The van der Waals surface area contributed by atoms with Gasteiger partial charge in [0.05, 0.1) is 0 Å². The largest absolute Gasteiger partial charge is 0.355 e. The van der Waals surface area contributed by atoms with E-state index < -0.39 is 0 Å². The van der Waals surface area contributed by atoms with Crippen molar-refractivity contribution in [3.63, 3.8) is 0 Å². The Hall–Kier alpha value is -1.42. The molecular weight excluding hydrogens is 295 g/mol. The van der Waals surface area contributed by atoms with Gasteiger partial charge >= 0.3 is 0 Å². The molecule has 0 atom stereocenters. The molecule has 94 valence electrons. The Labute approximate surface area is 115 Å². The smallest absolute Gasteiger partial charge is 0.128 e. The Morgan fingerprint density at radius 2 is 2.06 bits per heavy atom. The third kappa shape index (κ3) is 3.29. The molecule has 1 aromatic carbocycles. The molecule has 1 heterocycles. The molecule has 2 aromatic rings. The first kappa shape index (κ1) is 13.0. The van der Waals surface area contributed by atoms with Crippen molar-refractivity contribution in [3.05, 3.63) is 59.5 Å². The lowest BCUT2D eigenvalue weighted by atomic mass is 10.2. The van der Waals surface area contributed by atoms with Gasteiger partial charge in [-0.25, -0.2) is 9.37 Å². The van der Waals surface area contributed by atoms with Gasteiger partial charge in [0.15, 0.2) is 0 Å². The number of halogens is 2. The summed E-state index contributed by atoms with van der Waals surface area (Å²) in [6.45, 7) is 0.637. The van der Waals surface area contributed by atoms with Gasteiger partial charge in [0.2, 0.25) is 0 Å². The van der Waals surface area contributed by atoms with Gasteiger partial charge in [-0.3, -0.25) is 0 Å². The van der Waals surface area contributed by atoms with Gasteiger partial charge in [0.1, 0.15) is 11.6 Å². The second-order valence-electron chi connectivity index (χ2n) is 4.14. The van der Waals surface area contributed by atoms with E-state index in [4.69, 9.17) is 0 Å². The monoisotopic (exact) mass is 308 g/mol. The third-order valence-corrected chi connectivity index (χ3v) is 3.31. The van der Waals surface area contributed by atoms with E-state index in [2.05, 4.69) is 20.9 Å². The second kappa shape index (κ2) is 5.96. The zero-order valence-electron chi connectivity index (χ0n) is 10.1. The molecule has 0 fully saturated rings. The van der Waals surface area contributed by atoms with E-state index in [1.807, 2.05) is 36.3 Å². The van der Waals surface area contributed by atoms with E-state index in [1.165, 1.54) is 6.07 Å². The van der Waals surface area contributed by atoms with Crippen LogP contribution in [0.25, 0.3) is 0 Å². The quantitative estimate of drug-likeness (QED) is 0.800. The fraction of sp³-hybridized carbons (Fsp3) is 0.214. The fourth-order valence-electron chi connectivity index (χ4n) is 1.71. The molecule has 2 nitrogen and oxygen atoms in total. The number of anilines is 1. The number of nitrogens with zero attached hydrogens (tertiary/aromatic N) is 2. The summed E-state index contributed by atoms with van der Waals surface area (Å²) in [5, 5.41) is 0.799. The molecule has 0 bridgehead atoms. The van der Waals surface area contributed by atoms with Crippen LogP contribution in [0, 0.1) is 5.82 Å². The Kier molecular flexibility index (Phi) is 4.31. The van der Waals surface area contributed by atoms with Crippen LogP contribution in [0.1, 0.15) is 11.1 Å². The summed E-state index contributed by atoms with van der Waals surface area (Å²) in [4.78, 5) is 6.36. The van der Waals surface area contributed by atoms with Crippen LogP contribution in [-0.2, 0) is 11.9 Å². The van der Waals surface area contributed by atoms with E-state index in [0.29, 0.717) is 6.54 Å². The topological polar surface area (TPSA) is 16.1 Å². The van der Waals surface area contributed by atoms with Gasteiger partial charge in [0.25, 0.3) is 0 Å². The first-order valence-electron chi connectivity index (χ1n) is 5.65. The number of pyridine rings is 1. The van der Waals surface area contributed by atoms with Crippen LogP contribution in [0.4, 0.5) is 10.2 Å². The summed E-state index contributed by atoms with van der Waals surface area (Å²) >= 11 is 3.39. The summed E-state index contributed by atoms with van der Waals surface area (Å²) in [5.74, 6) is 0.674. The van der Waals surface area contributed by atoms with Crippen molar-refractivity contribution in [3.8, 4) is 0 Å². The number of benzene rings is 1. The maximum absolute atomic E-state index is 13.1. The van der Waals surface area contributed by atoms with Gasteiger partial charge in [-0.1, -0.05) is 34.1 Å². The molecule has 0 unspecified atom stereocenters. The Bertz CT molecular complexity index is 513. The van der Waals surface area contributed by atoms with Gasteiger partial charge in [0, 0.05) is 25.1 Å². The van der Waals surface area contributed by atoms with Crippen LogP contribution in [-0.4, -0.2) is 12.0 Å². The Morgan fingerprint density at radius 3 is 2.67 bits per heavy atom. The molecule has 4 heteroatoms. The average molecular weight is 309 g/mol. The maximum atomic E-state index is 13.1. The minimum Gasteiger partial charge on any atom is -0.355 e. The summed E-state index contributed by atoms with van der Waals surface area (Å²) in [7, 11) is 1.95. The molecule has 0 aliphatic carbocycles. The minimum atomic E-state index is -0.205. The number of aromatic nitrogens is 1. The van der Waals surface area contributed by atoms with Gasteiger partial charge in [-0.05, 0) is 29.3 Å². The summed E-state index contributed by atoms with van der Waals surface area (Å²) in [6.07, 6.45) is 1.84. The first-order valence-corrected chi connectivity index (χ1v) is 6.77. The standard InChI is InChI=1S/C14H14BrFN2/c1-18(10-11-3-2-4-13(16)7-11)14-6-5-12(8-15)9-17-14/h2-7,9H,8,10H2,1H3. The highest BCUT2D eigenvalue weighted by atomic mass is 79.9. The van der Waals surface area contributed by atoms with Crippen LogP contribution in [0.3, 0.4) is 0 Å². The Balaban J connectivity index is 2.09. The van der Waals surface area contributed by atoms with Crippen molar-refractivity contribution in [2.24, 2.45) is 0 Å². The molecule has 0 saturated carbocycles.